The van der Waals surface area contributed by atoms with E-state index in [0.717, 1.165) is 16.9 Å². The van der Waals surface area contributed by atoms with Crippen molar-refractivity contribution in [3.05, 3.63) is 90.5 Å². The smallest absolute Gasteiger partial charge is 0.311 e. The number of furan rings is 1. The molecule has 0 aliphatic rings. The third-order valence-corrected chi connectivity index (χ3v) is 4.12. The zero-order chi connectivity index (χ0) is 19.3. The number of rotatable bonds is 5. The molecule has 0 spiro atoms. The Kier molecular flexibility index (Phi) is 4.89. The van der Waals surface area contributed by atoms with Crippen LogP contribution in [0.3, 0.4) is 0 Å². The van der Waals surface area contributed by atoms with Gasteiger partial charge in [0.15, 0.2) is 5.69 Å². The van der Waals surface area contributed by atoms with Crippen LogP contribution in [0, 0.1) is 6.92 Å². The topological polar surface area (TPSA) is 67.3 Å². The van der Waals surface area contributed by atoms with Gasteiger partial charge in [-0.1, -0.05) is 35.9 Å². The molecule has 0 saturated carbocycles. The highest BCUT2D eigenvalue weighted by Crippen LogP contribution is 2.37. The summed E-state index contributed by atoms with van der Waals surface area (Å²) >= 11 is 0. The minimum Gasteiger partial charge on any atom is -0.479 e. The number of azo groups is 1. The lowest BCUT2D eigenvalue weighted by molar-refractivity contribution is 0.339. The first-order chi connectivity index (χ1) is 13.7. The van der Waals surface area contributed by atoms with E-state index in [2.05, 4.69) is 10.2 Å². The second kappa shape index (κ2) is 7.80. The van der Waals surface area contributed by atoms with Gasteiger partial charge in [-0.15, -0.1) is 5.11 Å². The molecule has 0 atom stereocenters. The summed E-state index contributed by atoms with van der Waals surface area (Å²) in [6.07, 6.45) is 0. The van der Waals surface area contributed by atoms with Gasteiger partial charge in [-0.3, -0.25) is 0 Å². The van der Waals surface area contributed by atoms with E-state index in [9.17, 15) is 5.11 Å². The monoisotopic (exact) mass is 370 g/mol. The summed E-state index contributed by atoms with van der Waals surface area (Å²) in [6, 6.07) is 26.2. The van der Waals surface area contributed by atoms with E-state index < -0.39 is 0 Å². The van der Waals surface area contributed by atoms with Gasteiger partial charge in [0.1, 0.15) is 17.3 Å². The van der Waals surface area contributed by atoms with Gasteiger partial charge in [-0.25, -0.2) is 0 Å². The van der Waals surface area contributed by atoms with Crippen molar-refractivity contribution >= 4 is 11.4 Å². The molecule has 0 aliphatic carbocycles. The van der Waals surface area contributed by atoms with Crippen LogP contribution < -0.4 is 4.74 Å². The Balaban J connectivity index is 1.50. The van der Waals surface area contributed by atoms with Crippen LogP contribution in [0.1, 0.15) is 5.56 Å². The summed E-state index contributed by atoms with van der Waals surface area (Å²) < 4.78 is 11.2. The number of benzene rings is 3. The molecule has 0 aliphatic heterocycles. The Morgan fingerprint density at radius 3 is 2.18 bits per heavy atom. The second-order valence-electron chi connectivity index (χ2n) is 6.28. The lowest BCUT2D eigenvalue weighted by Gasteiger charge is -2.05. The van der Waals surface area contributed by atoms with Crippen LogP contribution >= 0.6 is 0 Å². The lowest BCUT2D eigenvalue weighted by Crippen LogP contribution is -1.83. The van der Waals surface area contributed by atoms with Crippen LogP contribution in [-0.4, -0.2) is 5.11 Å². The fourth-order valence-corrected chi connectivity index (χ4v) is 2.62. The second-order valence-corrected chi connectivity index (χ2v) is 6.28. The van der Waals surface area contributed by atoms with E-state index in [1.165, 1.54) is 0 Å². The fraction of sp³-hybridized carbons (Fsp3) is 0.0435. The Labute approximate surface area is 162 Å². The van der Waals surface area contributed by atoms with E-state index in [4.69, 9.17) is 9.15 Å². The van der Waals surface area contributed by atoms with Gasteiger partial charge in [0.2, 0.25) is 0 Å². The molecule has 3 aromatic carbocycles. The van der Waals surface area contributed by atoms with Gasteiger partial charge in [0.25, 0.3) is 0 Å². The summed E-state index contributed by atoms with van der Waals surface area (Å²) in [5.41, 5.74) is 2.93. The van der Waals surface area contributed by atoms with E-state index in [1.54, 1.807) is 6.07 Å². The summed E-state index contributed by atoms with van der Waals surface area (Å²) in [4.78, 5) is 0. The third kappa shape index (κ3) is 4.10. The maximum atomic E-state index is 10.0. The first-order valence-corrected chi connectivity index (χ1v) is 8.82. The predicted molar refractivity (Wildman–Crippen MR) is 108 cm³/mol. The Morgan fingerprint density at radius 2 is 1.46 bits per heavy atom. The maximum Gasteiger partial charge on any atom is 0.311 e. The van der Waals surface area contributed by atoms with E-state index in [0.29, 0.717) is 17.2 Å². The van der Waals surface area contributed by atoms with Crippen molar-refractivity contribution < 1.29 is 14.3 Å². The van der Waals surface area contributed by atoms with Gasteiger partial charge >= 0.3 is 5.95 Å². The normalized spacial score (nSPS) is 11.0. The molecule has 1 aromatic heterocycles. The molecule has 138 valence electrons. The zero-order valence-corrected chi connectivity index (χ0v) is 15.2. The standard InChI is InChI=1S/C23H18N2O3/c1-16-7-11-18(12-8-16)24-25-21-15-22(28-23(21)26)17-9-13-20(14-10-17)27-19-5-3-2-4-6-19/h2-15,26H,1H3. The molecule has 0 saturated heterocycles. The molecule has 0 amide bonds. The van der Waals surface area contributed by atoms with Crippen molar-refractivity contribution in [2.75, 3.05) is 0 Å². The molecule has 0 radical (unpaired) electrons. The van der Waals surface area contributed by atoms with Gasteiger partial charge in [0.05, 0.1) is 5.69 Å². The van der Waals surface area contributed by atoms with Crippen LogP contribution in [0.25, 0.3) is 11.3 Å². The van der Waals surface area contributed by atoms with Gasteiger partial charge < -0.3 is 14.3 Å². The van der Waals surface area contributed by atoms with E-state index in [1.807, 2.05) is 85.8 Å². The highest BCUT2D eigenvalue weighted by molar-refractivity contribution is 5.65. The van der Waals surface area contributed by atoms with Crippen LogP contribution in [0.2, 0.25) is 0 Å². The minimum atomic E-state index is -0.268. The van der Waals surface area contributed by atoms with E-state index >= 15 is 0 Å². The molecule has 4 aromatic rings. The number of hydrogen-bond acceptors (Lipinski definition) is 5. The molecule has 5 heteroatoms. The quantitative estimate of drug-likeness (QED) is 0.379. The number of para-hydroxylation sites is 1. The largest absolute Gasteiger partial charge is 0.479 e. The Hall–Kier alpha value is -3.86. The van der Waals surface area contributed by atoms with Crippen molar-refractivity contribution in [2.24, 2.45) is 10.2 Å². The summed E-state index contributed by atoms with van der Waals surface area (Å²) in [5, 5.41) is 18.2. The number of hydrogen-bond donors (Lipinski definition) is 1. The minimum absolute atomic E-state index is 0.268. The molecular formula is C23H18N2O3. The molecule has 0 fully saturated rings. The first-order valence-electron chi connectivity index (χ1n) is 8.82. The van der Waals surface area contributed by atoms with Crippen LogP contribution in [0.4, 0.5) is 11.4 Å². The summed E-state index contributed by atoms with van der Waals surface area (Å²) in [6.45, 7) is 2.01. The lowest BCUT2D eigenvalue weighted by atomic mass is 10.1. The van der Waals surface area contributed by atoms with E-state index in [-0.39, 0.29) is 11.6 Å². The summed E-state index contributed by atoms with van der Waals surface area (Å²) in [5.74, 6) is 1.71. The first kappa shape index (κ1) is 17.5. The third-order valence-electron chi connectivity index (χ3n) is 4.12. The number of ether oxygens (including phenoxy) is 1. The predicted octanol–water partition coefficient (Wildman–Crippen LogP) is 7.17. The highest BCUT2D eigenvalue weighted by Gasteiger charge is 2.12. The molecular weight excluding hydrogens is 352 g/mol. The summed E-state index contributed by atoms with van der Waals surface area (Å²) in [7, 11) is 0. The highest BCUT2D eigenvalue weighted by atomic mass is 16.5. The molecule has 4 rings (SSSR count). The number of aromatic hydroxyl groups is 1. The number of aryl methyl sites for hydroxylation is 1. The zero-order valence-electron chi connectivity index (χ0n) is 15.2. The van der Waals surface area contributed by atoms with Crippen molar-refractivity contribution in [1.29, 1.82) is 0 Å². The molecule has 0 bridgehead atoms. The molecule has 1 N–H and O–H groups in total. The molecule has 1 heterocycles. The number of nitrogens with zero attached hydrogens (tertiary/aromatic N) is 2. The van der Waals surface area contributed by atoms with Gasteiger partial charge in [-0.2, -0.15) is 5.11 Å². The van der Waals surface area contributed by atoms with Crippen LogP contribution in [-0.2, 0) is 0 Å². The molecule has 5 nitrogen and oxygen atoms in total. The average molecular weight is 370 g/mol. The van der Waals surface area contributed by atoms with Gasteiger partial charge in [0, 0.05) is 11.6 Å². The Morgan fingerprint density at radius 1 is 0.786 bits per heavy atom. The van der Waals surface area contributed by atoms with Crippen LogP contribution in [0.5, 0.6) is 17.4 Å². The van der Waals surface area contributed by atoms with Crippen molar-refractivity contribution in [1.82, 2.24) is 0 Å². The van der Waals surface area contributed by atoms with Crippen LogP contribution in [0.15, 0.2) is 99.6 Å². The van der Waals surface area contributed by atoms with Crippen molar-refractivity contribution in [3.63, 3.8) is 0 Å². The van der Waals surface area contributed by atoms with Crippen molar-refractivity contribution in [3.8, 4) is 28.8 Å². The van der Waals surface area contributed by atoms with Gasteiger partial charge in [-0.05, 0) is 55.5 Å². The maximum absolute atomic E-state index is 10.0. The Bertz CT molecular complexity index is 1080. The molecule has 28 heavy (non-hydrogen) atoms. The average Bonchev–Trinajstić information content (AvgIpc) is 3.09. The SMILES string of the molecule is Cc1ccc(N=Nc2cc(-c3ccc(Oc4ccccc4)cc3)oc2O)cc1. The fourth-order valence-electron chi connectivity index (χ4n) is 2.62. The van der Waals surface area contributed by atoms with Crippen molar-refractivity contribution in [2.45, 2.75) is 6.92 Å². The molecule has 0 unspecified atom stereocenters.